The zero-order chi connectivity index (χ0) is 16.4. The summed E-state index contributed by atoms with van der Waals surface area (Å²) in [5, 5.41) is 11.1. The maximum atomic E-state index is 11.5. The molecule has 3 nitrogen and oxygen atoms in total. The quantitative estimate of drug-likeness (QED) is 0.434. The van der Waals surface area contributed by atoms with Gasteiger partial charge in [0.2, 0.25) is 0 Å². The Kier molecular flexibility index (Phi) is 4.71. The van der Waals surface area contributed by atoms with Gasteiger partial charge < -0.3 is 9.52 Å². The van der Waals surface area contributed by atoms with E-state index in [2.05, 4.69) is 29.5 Å². The average Bonchev–Trinajstić information content (AvgIpc) is 2.93. The van der Waals surface area contributed by atoms with E-state index in [9.17, 15) is 9.90 Å². The van der Waals surface area contributed by atoms with Crippen molar-refractivity contribution in [3.05, 3.63) is 51.3 Å². The molecule has 1 heterocycles. The Balaban J connectivity index is 2.35. The van der Waals surface area contributed by atoms with Gasteiger partial charge in [-0.2, -0.15) is 0 Å². The summed E-state index contributed by atoms with van der Waals surface area (Å²) in [6.07, 6.45) is 3.72. The van der Waals surface area contributed by atoms with Gasteiger partial charge in [-0.25, -0.2) is 0 Å². The number of hydrogen-bond acceptors (Lipinski definition) is 3. The molecule has 0 unspecified atom stereocenters. The first kappa shape index (κ1) is 16.1. The standard InChI is InChI=1S/C19H17IO3/c1-2-3-7-16-18(13-6-4-5-8-15(13)23-16)17-12(11-21)9-10-14(22)19(17)20/h4-6,8-11,22H,2-3,7H2,1H3. The van der Waals surface area contributed by atoms with Gasteiger partial charge in [-0.3, -0.25) is 4.79 Å². The van der Waals surface area contributed by atoms with Crippen LogP contribution in [0.4, 0.5) is 0 Å². The van der Waals surface area contributed by atoms with Crippen LogP contribution in [0.15, 0.2) is 40.8 Å². The highest BCUT2D eigenvalue weighted by Crippen LogP contribution is 2.41. The van der Waals surface area contributed by atoms with Crippen molar-refractivity contribution in [3.8, 4) is 16.9 Å². The Bertz CT molecular complexity index is 864. The predicted molar refractivity (Wildman–Crippen MR) is 100 cm³/mol. The van der Waals surface area contributed by atoms with Gasteiger partial charge in [0.1, 0.15) is 17.1 Å². The monoisotopic (exact) mass is 420 g/mol. The fourth-order valence-corrected chi connectivity index (χ4v) is 3.58. The highest BCUT2D eigenvalue weighted by molar-refractivity contribution is 14.1. The molecular formula is C19H17IO3. The number of benzene rings is 2. The summed E-state index contributed by atoms with van der Waals surface area (Å²) in [5.41, 5.74) is 3.06. The van der Waals surface area contributed by atoms with E-state index in [1.165, 1.54) is 0 Å². The number of carbonyl (C=O) groups is 1. The number of hydrogen-bond donors (Lipinski definition) is 1. The van der Waals surface area contributed by atoms with E-state index in [1.807, 2.05) is 24.3 Å². The fourth-order valence-electron chi connectivity index (χ4n) is 2.82. The molecule has 118 valence electrons. The highest BCUT2D eigenvalue weighted by atomic mass is 127. The highest BCUT2D eigenvalue weighted by Gasteiger charge is 2.21. The van der Waals surface area contributed by atoms with Crippen LogP contribution in [0.2, 0.25) is 0 Å². The number of para-hydroxylation sites is 1. The second-order valence-electron chi connectivity index (χ2n) is 5.48. The molecular weight excluding hydrogens is 403 g/mol. The molecule has 2 aromatic carbocycles. The van der Waals surface area contributed by atoms with Crippen LogP contribution < -0.4 is 0 Å². The van der Waals surface area contributed by atoms with Crippen molar-refractivity contribution < 1.29 is 14.3 Å². The number of fused-ring (bicyclic) bond motifs is 1. The summed E-state index contributed by atoms with van der Waals surface area (Å²) >= 11 is 2.09. The van der Waals surface area contributed by atoms with Gasteiger partial charge in [-0.05, 0) is 47.2 Å². The average molecular weight is 420 g/mol. The first-order chi connectivity index (χ1) is 11.2. The molecule has 0 atom stereocenters. The van der Waals surface area contributed by atoms with Crippen molar-refractivity contribution in [2.75, 3.05) is 0 Å². The maximum absolute atomic E-state index is 11.5. The van der Waals surface area contributed by atoms with Crippen molar-refractivity contribution in [2.45, 2.75) is 26.2 Å². The van der Waals surface area contributed by atoms with Gasteiger partial charge in [0, 0.05) is 28.5 Å². The summed E-state index contributed by atoms with van der Waals surface area (Å²) in [7, 11) is 0. The second kappa shape index (κ2) is 6.74. The molecule has 0 radical (unpaired) electrons. The Morgan fingerprint density at radius 2 is 1.96 bits per heavy atom. The Hall–Kier alpha value is -1.82. The molecule has 0 saturated carbocycles. The molecule has 0 spiro atoms. The number of rotatable bonds is 5. The minimum absolute atomic E-state index is 0.179. The molecule has 4 heteroatoms. The molecule has 0 aliphatic heterocycles. The topological polar surface area (TPSA) is 50.4 Å². The Morgan fingerprint density at radius 3 is 2.70 bits per heavy atom. The van der Waals surface area contributed by atoms with Gasteiger partial charge in [-0.1, -0.05) is 31.5 Å². The third kappa shape index (κ3) is 2.87. The lowest BCUT2D eigenvalue weighted by Gasteiger charge is -2.10. The van der Waals surface area contributed by atoms with E-state index in [-0.39, 0.29) is 5.75 Å². The van der Waals surface area contributed by atoms with Gasteiger partial charge in [0.15, 0.2) is 6.29 Å². The molecule has 0 bridgehead atoms. The zero-order valence-corrected chi connectivity index (χ0v) is 15.0. The minimum atomic E-state index is 0.179. The molecule has 1 N–H and O–H groups in total. The first-order valence-corrected chi connectivity index (χ1v) is 8.72. The van der Waals surface area contributed by atoms with Crippen LogP contribution in [0.3, 0.4) is 0 Å². The third-order valence-electron chi connectivity index (χ3n) is 3.96. The molecule has 0 saturated heterocycles. The van der Waals surface area contributed by atoms with E-state index in [0.717, 1.165) is 53.4 Å². The smallest absolute Gasteiger partial charge is 0.150 e. The number of aldehydes is 1. The van der Waals surface area contributed by atoms with Gasteiger partial charge >= 0.3 is 0 Å². The maximum Gasteiger partial charge on any atom is 0.150 e. The van der Waals surface area contributed by atoms with Gasteiger partial charge in [-0.15, -0.1) is 0 Å². The van der Waals surface area contributed by atoms with Gasteiger partial charge in [0.25, 0.3) is 0 Å². The largest absolute Gasteiger partial charge is 0.507 e. The fraction of sp³-hybridized carbons (Fsp3) is 0.211. The summed E-state index contributed by atoms with van der Waals surface area (Å²) in [6.45, 7) is 2.14. The molecule has 0 aliphatic carbocycles. The molecule has 0 fully saturated rings. The van der Waals surface area contributed by atoms with Crippen LogP contribution in [-0.4, -0.2) is 11.4 Å². The molecule has 0 aliphatic rings. The van der Waals surface area contributed by atoms with Crippen molar-refractivity contribution in [1.29, 1.82) is 0 Å². The zero-order valence-electron chi connectivity index (χ0n) is 12.8. The molecule has 1 aromatic heterocycles. The normalized spacial score (nSPS) is 11.0. The minimum Gasteiger partial charge on any atom is -0.507 e. The number of halogens is 1. The lowest BCUT2D eigenvalue weighted by Crippen LogP contribution is -1.95. The van der Waals surface area contributed by atoms with Crippen LogP contribution in [0.25, 0.3) is 22.1 Å². The van der Waals surface area contributed by atoms with Crippen molar-refractivity contribution in [1.82, 2.24) is 0 Å². The second-order valence-corrected chi connectivity index (χ2v) is 6.56. The molecule has 3 rings (SSSR count). The van der Waals surface area contributed by atoms with E-state index >= 15 is 0 Å². The first-order valence-electron chi connectivity index (χ1n) is 7.64. The van der Waals surface area contributed by atoms with Crippen molar-refractivity contribution in [2.24, 2.45) is 0 Å². The van der Waals surface area contributed by atoms with Crippen LogP contribution in [0.5, 0.6) is 5.75 Å². The number of unbranched alkanes of at least 4 members (excludes halogenated alkanes) is 1. The van der Waals surface area contributed by atoms with Crippen molar-refractivity contribution >= 4 is 39.8 Å². The number of phenolic OH excluding ortho intramolecular Hbond substituents is 1. The number of aromatic hydroxyl groups is 1. The van der Waals surface area contributed by atoms with Gasteiger partial charge in [0.05, 0.1) is 3.57 Å². The molecule has 3 aromatic rings. The number of furan rings is 1. The molecule has 0 amide bonds. The summed E-state index contributed by atoms with van der Waals surface area (Å²) in [5.74, 6) is 1.05. The van der Waals surface area contributed by atoms with E-state index < -0.39 is 0 Å². The number of aryl methyl sites for hydroxylation is 1. The van der Waals surface area contributed by atoms with E-state index in [0.29, 0.717) is 9.13 Å². The summed E-state index contributed by atoms with van der Waals surface area (Å²) < 4.78 is 6.73. The summed E-state index contributed by atoms with van der Waals surface area (Å²) in [6, 6.07) is 11.0. The van der Waals surface area contributed by atoms with Crippen LogP contribution in [0.1, 0.15) is 35.9 Å². The SMILES string of the molecule is CCCCc1oc2ccccc2c1-c1c(C=O)ccc(O)c1I. The summed E-state index contributed by atoms with van der Waals surface area (Å²) in [4.78, 5) is 11.5. The van der Waals surface area contributed by atoms with Crippen LogP contribution in [-0.2, 0) is 6.42 Å². The lowest BCUT2D eigenvalue weighted by atomic mass is 9.95. The molecule has 23 heavy (non-hydrogen) atoms. The lowest BCUT2D eigenvalue weighted by molar-refractivity contribution is 0.112. The van der Waals surface area contributed by atoms with Crippen LogP contribution in [0, 0.1) is 3.57 Å². The van der Waals surface area contributed by atoms with E-state index in [1.54, 1.807) is 12.1 Å². The number of phenols is 1. The Morgan fingerprint density at radius 1 is 1.17 bits per heavy atom. The van der Waals surface area contributed by atoms with Crippen molar-refractivity contribution in [3.63, 3.8) is 0 Å². The van der Waals surface area contributed by atoms with E-state index in [4.69, 9.17) is 4.42 Å². The predicted octanol–water partition coefficient (Wildman–Crippen LogP) is 5.57. The van der Waals surface area contributed by atoms with Crippen LogP contribution >= 0.6 is 22.6 Å². The number of carbonyl (C=O) groups excluding carboxylic acids is 1. The Labute approximate surface area is 148 Å². The third-order valence-corrected chi connectivity index (χ3v) is 5.05.